The van der Waals surface area contributed by atoms with Gasteiger partial charge in [0.1, 0.15) is 12.3 Å². The van der Waals surface area contributed by atoms with Gasteiger partial charge in [-0.05, 0) is 67.4 Å². The van der Waals surface area contributed by atoms with Crippen molar-refractivity contribution in [2.45, 2.75) is 44.9 Å². The minimum atomic E-state index is -0.422. The topological polar surface area (TPSA) is 78.9 Å². The molecule has 2 aromatic rings. The average molecular weight is 453 g/mol. The molecular formula is C27H36N2O4. The molecule has 6 nitrogen and oxygen atoms in total. The first-order chi connectivity index (χ1) is 15.8. The van der Waals surface area contributed by atoms with Gasteiger partial charge in [0.05, 0.1) is 12.5 Å². The zero-order valence-electron chi connectivity index (χ0n) is 19.9. The lowest BCUT2D eigenvalue weighted by atomic mass is 9.68. The lowest BCUT2D eigenvalue weighted by molar-refractivity contribution is -0.143. The number of ether oxygens (including phenoxy) is 1. The van der Waals surface area contributed by atoms with Gasteiger partial charge >= 0.3 is 5.97 Å². The van der Waals surface area contributed by atoms with E-state index in [1.54, 1.807) is 13.0 Å². The number of carbonyl (C=O) groups excluding carboxylic acids is 2. The molecule has 0 aromatic heterocycles. The number of rotatable bonds is 9. The van der Waals surface area contributed by atoms with Gasteiger partial charge in [-0.15, -0.1) is 0 Å². The number of aromatic hydroxyl groups is 1. The van der Waals surface area contributed by atoms with E-state index >= 15 is 0 Å². The van der Waals surface area contributed by atoms with E-state index in [-0.39, 0.29) is 23.8 Å². The number of benzene rings is 2. The van der Waals surface area contributed by atoms with Crippen LogP contribution in [0.2, 0.25) is 0 Å². The number of hydrogen-bond acceptors (Lipinski definition) is 5. The number of hydrogen-bond donors (Lipinski definition) is 2. The molecule has 6 heteroatoms. The molecule has 3 rings (SSSR count). The molecule has 2 aromatic carbocycles. The molecule has 1 aliphatic rings. The quantitative estimate of drug-likeness (QED) is 0.565. The van der Waals surface area contributed by atoms with E-state index in [0.717, 1.165) is 31.6 Å². The van der Waals surface area contributed by atoms with Crippen molar-refractivity contribution in [2.24, 2.45) is 5.92 Å². The summed E-state index contributed by atoms with van der Waals surface area (Å²) < 4.78 is 4.93. The van der Waals surface area contributed by atoms with E-state index < -0.39 is 5.97 Å². The number of likely N-dealkylation sites (tertiary alicyclic amines) is 1. The van der Waals surface area contributed by atoms with Crippen molar-refractivity contribution in [1.29, 1.82) is 0 Å². The van der Waals surface area contributed by atoms with Crippen LogP contribution in [0.25, 0.3) is 0 Å². The first kappa shape index (κ1) is 24.8. The summed E-state index contributed by atoms with van der Waals surface area (Å²) in [6.07, 6.45) is 1.66. The van der Waals surface area contributed by atoms with Gasteiger partial charge in [-0.2, -0.15) is 0 Å². The smallest absolute Gasteiger partial charge is 0.325 e. The molecule has 178 valence electrons. The predicted molar refractivity (Wildman–Crippen MR) is 129 cm³/mol. The molecular weight excluding hydrogens is 416 g/mol. The molecule has 0 saturated carbocycles. The Hall–Kier alpha value is -2.86. The van der Waals surface area contributed by atoms with Gasteiger partial charge in [0, 0.05) is 6.54 Å². The zero-order chi connectivity index (χ0) is 23.8. The minimum absolute atomic E-state index is 0.00505. The van der Waals surface area contributed by atoms with Gasteiger partial charge in [-0.3, -0.25) is 9.59 Å². The maximum Gasteiger partial charge on any atom is 0.325 e. The minimum Gasteiger partial charge on any atom is -0.508 e. The second-order valence-corrected chi connectivity index (χ2v) is 9.19. The van der Waals surface area contributed by atoms with Crippen LogP contribution in [0.4, 0.5) is 0 Å². The molecule has 0 aliphatic carbocycles. The number of nitrogens with zero attached hydrogens (tertiary/aromatic N) is 1. The fraction of sp³-hybridized carbons (Fsp3) is 0.481. The van der Waals surface area contributed by atoms with Gasteiger partial charge < -0.3 is 20.1 Å². The van der Waals surface area contributed by atoms with E-state index in [1.165, 1.54) is 5.56 Å². The monoisotopic (exact) mass is 452 g/mol. The standard InChI is InChI=1S/C27H36N2O4/c1-4-33-25(31)18-28-26(32)24(21-9-6-5-7-10-21)13-15-29-16-14-27(3,20(2)19-29)22-11-8-12-23(30)17-22/h5-12,17,20,24,30H,4,13-16,18-19H2,1-3H3,(H,28,32). The van der Waals surface area contributed by atoms with Crippen molar-refractivity contribution in [3.63, 3.8) is 0 Å². The summed E-state index contributed by atoms with van der Waals surface area (Å²) in [5, 5.41) is 12.7. The molecule has 0 spiro atoms. The second kappa shape index (κ2) is 11.3. The van der Waals surface area contributed by atoms with E-state index in [1.807, 2.05) is 42.5 Å². The molecule has 1 heterocycles. The summed E-state index contributed by atoms with van der Waals surface area (Å²) in [6.45, 7) is 9.13. The number of amides is 1. The molecule has 1 amide bonds. The van der Waals surface area contributed by atoms with E-state index in [9.17, 15) is 14.7 Å². The number of phenols is 1. The third-order valence-corrected chi connectivity index (χ3v) is 7.04. The molecule has 2 N–H and O–H groups in total. The molecule has 33 heavy (non-hydrogen) atoms. The summed E-state index contributed by atoms with van der Waals surface area (Å²) >= 11 is 0. The molecule has 1 aliphatic heterocycles. The highest BCUT2D eigenvalue weighted by molar-refractivity contribution is 5.87. The number of carbonyl (C=O) groups is 2. The maximum absolute atomic E-state index is 12.9. The van der Waals surface area contributed by atoms with E-state index in [0.29, 0.717) is 24.7 Å². The number of phenolic OH excluding ortho intramolecular Hbond substituents is 1. The van der Waals surface area contributed by atoms with Crippen LogP contribution in [0.1, 0.15) is 50.7 Å². The van der Waals surface area contributed by atoms with Gasteiger partial charge in [0.15, 0.2) is 0 Å². The Morgan fingerprint density at radius 1 is 1.21 bits per heavy atom. The van der Waals surface area contributed by atoms with E-state index in [4.69, 9.17) is 4.74 Å². The Morgan fingerprint density at radius 2 is 1.97 bits per heavy atom. The Labute approximate surface area is 196 Å². The van der Waals surface area contributed by atoms with Crippen molar-refractivity contribution in [1.82, 2.24) is 10.2 Å². The third kappa shape index (κ3) is 6.35. The molecule has 1 saturated heterocycles. The summed E-state index contributed by atoms with van der Waals surface area (Å²) in [5.74, 6) is -0.184. The van der Waals surface area contributed by atoms with Crippen molar-refractivity contribution < 1.29 is 19.4 Å². The van der Waals surface area contributed by atoms with Crippen LogP contribution in [0.3, 0.4) is 0 Å². The van der Waals surface area contributed by atoms with Crippen molar-refractivity contribution in [3.8, 4) is 5.75 Å². The third-order valence-electron chi connectivity index (χ3n) is 7.04. The molecule has 0 bridgehead atoms. The summed E-state index contributed by atoms with van der Waals surface area (Å²) in [7, 11) is 0. The van der Waals surface area contributed by atoms with Crippen molar-refractivity contribution in [3.05, 3.63) is 65.7 Å². The van der Waals surface area contributed by atoms with Crippen LogP contribution in [0.5, 0.6) is 5.75 Å². The van der Waals surface area contributed by atoms with Gasteiger partial charge in [-0.25, -0.2) is 0 Å². The van der Waals surface area contributed by atoms with Gasteiger partial charge in [-0.1, -0.05) is 56.3 Å². The first-order valence-corrected chi connectivity index (χ1v) is 11.8. The van der Waals surface area contributed by atoms with Crippen LogP contribution in [-0.2, 0) is 19.7 Å². The SMILES string of the molecule is CCOC(=O)CNC(=O)C(CCN1CCC(C)(c2cccc(O)c2)C(C)C1)c1ccccc1. The fourth-order valence-electron chi connectivity index (χ4n) is 4.75. The number of esters is 1. The van der Waals surface area contributed by atoms with Crippen LogP contribution in [-0.4, -0.2) is 54.7 Å². The highest BCUT2D eigenvalue weighted by atomic mass is 16.5. The van der Waals surface area contributed by atoms with Crippen LogP contribution < -0.4 is 5.32 Å². The van der Waals surface area contributed by atoms with Gasteiger partial charge in [0.2, 0.25) is 5.91 Å². The van der Waals surface area contributed by atoms with Gasteiger partial charge in [0.25, 0.3) is 0 Å². The van der Waals surface area contributed by atoms with Crippen LogP contribution >= 0.6 is 0 Å². The lowest BCUT2D eigenvalue weighted by Gasteiger charge is -2.45. The second-order valence-electron chi connectivity index (χ2n) is 9.19. The summed E-state index contributed by atoms with van der Waals surface area (Å²) in [5.41, 5.74) is 2.13. The Bertz CT molecular complexity index is 933. The van der Waals surface area contributed by atoms with Crippen molar-refractivity contribution >= 4 is 11.9 Å². The molecule has 1 fully saturated rings. The normalized spacial score (nSPS) is 21.8. The largest absolute Gasteiger partial charge is 0.508 e. The molecule has 3 atom stereocenters. The van der Waals surface area contributed by atoms with Crippen LogP contribution in [0, 0.1) is 5.92 Å². The zero-order valence-corrected chi connectivity index (χ0v) is 19.9. The molecule has 0 radical (unpaired) electrons. The Morgan fingerprint density at radius 3 is 2.64 bits per heavy atom. The highest BCUT2D eigenvalue weighted by Crippen LogP contribution is 2.40. The fourth-order valence-corrected chi connectivity index (χ4v) is 4.75. The first-order valence-electron chi connectivity index (χ1n) is 11.8. The molecule has 3 unspecified atom stereocenters. The Kier molecular flexibility index (Phi) is 8.50. The van der Waals surface area contributed by atoms with E-state index in [2.05, 4.69) is 30.1 Å². The lowest BCUT2D eigenvalue weighted by Crippen LogP contribution is -2.48. The predicted octanol–water partition coefficient (Wildman–Crippen LogP) is 3.84. The summed E-state index contributed by atoms with van der Waals surface area (Å²) in [4.78, 5) is 27.1. The summed E-state index contributed by atoms with van der Waals surface area (Å²) in [6, 6.07) is 17.3. The average Bonchev–Trinajstić information content (AvgIpc) is 2.81. The Balaban J connectivity index is 1.62. The maximum atomic E-state index is 12.9. The number of piperidine rings is 1. The highest BCUT2D eigenvalue weighted by Gasteiger charge is 2.38. The van der Waals surface area contributed by atoms with Crippen LogP contribution in [0.15, 0.2) is 54.6 Å². The number of nitrogens with one attached hydrogen (secondary N) is 1. The van der Waals surface area contributed by atoms with Crippen molar-refractivity contribution in [2.75, 3.05) is 32.8 Å².